The molecule has 0 saturated heterocycles. The molecular formula is C24H30N2O3S. The number of benzene rings is 2. The van der Waals surface area contributed by atoms with Gasteiger partial charge in [0.05, 0.1) is 16.9 Å². The van der Waals surface area contributed by atoms with E-state index in [0.29, 0.717) is 25.0 Å². The van der Waals surface area contributed by atoms with Crippen molar-refractivity contribution < 1.29 is 9.84 Å². The Morgan fingerprint density at radius 2 is 2.13 bits per heavy atom. The van der Waals surface area contributed by atoms with Gasteiger partial charge in [-0.05, 0) is 42.0 Å². The van der Waals surface area contributed by atoms with Crippen molar-refractivity contribution in [3.63, 3.8) is 0 Å². The van der Waals surface area contributed by atoms with Crippen LogP contribution in [-0.2, 0) is 24.1 Å². The van der Waals surface area contributed by atoms with Crippen molar-refractivity contribution in [1.82, 2.24) is 4.57 Å². The fraction of sp³-hybridized carbons (Fsp3) is 0.458. The van der Waals surface area contributed by atoms with Gasteiger partial charge in [0.2, 0.25) is 0 Å². The molecule has 0 saturated carbocycles. The Kier molecular flexibility index (Phi) is 6.56. The molecule has 30 heavy (non-hydrogen) atoms. The molecule has 6 heteroatoms. The highest BCUT2D eigenvalue weighted by Crippen LogP contribution is 2.37. The molecule has 2 aromatic carbocycles. The molecule has 1 heterocycles. The zero-order valence-electron chi connectivity index (χ0n) is 17.5. The van der Waals surface area contributed by atoms with Crippen LogP contribution in [0.2, 0.25) is 0 Å². The highest BCUT2D eigenvalue weighted by molar-refractivity contribution is 7.16. The second-order valence-corrected chi connectivity index (χ2v) is 9.05. The number of unbranched alkanes of at least 4 members (excludes halogenated alkanes) is 1. The average molecular weight is 427 g/mol. The van der Waals surface area contributed by atoms with E-state index in [1.165, 1.54) is 11.1 Å². The number of hydrogen-bond donors (Lipinski definition) is 2. The van der Waals surface area contributed by atoms with Crippen LogP contribution in [0.1, 0.15) is 55.4 Å². The predicted molar refractivity (Wildman–Crippen MR) is 122 cm³/mol. The molecule has 0 fully saturated rings. The minimum atomic E-state index is -0.0794. The van der Waals surface area contributed by atoms with Crippen LogP contribution in [0.15, 0.2) is 41.2 Å². The number of thiazole rings is 1. The topological polar surface area (TPSA) is 77.5 Å². The standard InChI is InChI=1S/C24H30N2O3S/c1-2-3-7-18(29-20-11-9-16-6-4-5-8-19(16)20)15-17-10-12-21-22(23(17)27)26(14-13-25)24(28)30-21/h4-6,8,10,12,18,20,27H,2-3,7,9,11,13-15,25H2,1H3. The SMILES string of the molecule is CCCCC(Cc1ccc2sc(=O)n(CCN)c2c1O)OC1CCc2ccccc21. The molecule has 1 aliphatic rings. The van der Waals surface area contributed by atoms with Crippen molar-refractivity contribution in [2.75, 3.05) is 6.54 Å². The lowest BCUT2D eigenvalue weighted by Gasteiger charge is -2.23. The quantitative estimate of drug-likeness (QED) is 0.527. The lowest BCUT2D eigenvalue weighted by Crippen LogP contribution is -2.20. The molecule has 3 aromatic rings. The van der Waals surface area contributed by atoms with Crippen LogP contribution >= 0.6 is 11.3 Å². The van der Waals surface area contributed by atoms with Crippen LogP contribution in [0.3, 0.4) is 0 Å². The number of phenolic OH excluding ortho intramolecular Hbond substituents is 1. The largest absolute Gasteiger partial charge is 0.505 e. The Hall–Kier alpha value is -2.15. The first-order valence-corrected chi connectivity index (χ1v) is 11.7. The second-order valence-electron chi connectivity index (χ2n) is 8.06. The van der Waals surface area contributed by atoms with E-state index in [9.17, 15) is 9.90 Å². The summed E-state index contributed by atoms with van der Waals surface area (Å²) in [5, 5.41) is 11.0. The maximum Gasteiger partial charge on any atom is 0.308 e. The van der Waals surface area contributed by atoms with Gasteiger partial charge in [0.25, 0.3) is 0 Å². The molecule has 2 atom stereocenters. The monoisotopic (exact) mass is 426 g/mol. The number of rotatable bonds is 9. The average Bonchev–Trinajstić information content (AvgIpc) is 3.30. The minimum Gasteiger partial charge on any atom is -0.505 e. The summed E-state index contributed by atoms with van der Waals surface area (Å²) >= 11 is 1.15. The van der Waals surface area contributed by atoms with E-state index in [2.05, 4.69) is 31.2 Å². The molecule has 2 unspecified atom stereocenters. The molecular weight excluding hydrogens is 396 g/mol. The van der Waals surface area contributed by atoms with Gasteiger partial charge in [-0.15, -0.1) is 0 Å². The van der Waals surface area contributed by atoms with Gasteiger partial charge in [-0.3, -0.25) is 9.36 Å². The summed E-state index contributed by atoms with van der Waals surface area (Å²) in [7, 11) is 0. The fourth-order valence-corrected chi connectivity index (χ4v) is 5.39. The maximum atomic E-state index is 12.3. The van der Waals surface area contributed by atoms with Crippen molar-refractivity contribution in [2.45, 2.75) is 64.2 Å². The molecule has 0 spiro atoms. The third-order valence-electron chi connectivity index (χ3n) is 6.00. The first-order chi connectivity index (χ1) is 14.6. The number of hydrogen-bond acceptors (Lipinski definition) is 5. The number of nitrogens with zero attached hydrogens (tertiary/aromatic N) is 1. The maximum absolute atomic E-state index is 12.3. The zero-order chi connectivity index (χ0) is 21.1. The van der Waals surface area contributed by atoms with Gasteiger partial charge in [-0.2, -0.15) is 0 Å². The van der Waals surface area contributed by atoms with E-state index in [0.717, 1.165) is 53.7 Å². The number of nitrogens with two attached hydrogens (primary N) is 1. The van der Waals surface area contributed by atoms with Gasteiger partial charge in [-0.1, -0.05) is 61.4 Å². The van der Waals surface area contributed by atoms with Crippen LogP contribution < -0.4 is 10.6 Å². The van der Waals surface area contributed by atoms with E-state index in [-0.39, 0.29) is 22.8 Å². The highest BCUT2D eigenvalue weighted by atomic mass is 32.1. The number of aryl methyl sites for hydroxylation is 1. The fourth-order valence-electron chi connectivity index (χ4n) is 4.47. The number of ether oxygens (including phenoxy) is 1. The third kappa shape index (κ3) is 4.17. The minimum absolute atomic E-state index is 0.0257. The van der Waals surface area contributed by atoms with Crippen LogP contribution in [0.4, 0.5) is 0 Å². The summed E-state index contributed by atoms with van der Waals surface area (Å²) in [6.45, 7) is 2.95. The number of phenols is 1. The van der Waals surface area contributed by atoms with Crippen LogP contribution in [-0.4, -0.2) is 22.3 Å². The van der Waals surface area contributed by atoms with Gasteiger partial charge in [0, 0.05) is 19.5 Å². The summed E-state index contributed by atoms with van der Waals surface area (Å²) < 4.78 is 8.98. The summed E-state index contributed by atoms with van der Waals surface area (Å²) in [4.78, 5) is 12.2. The normalized spacial score (nSPS) is 16.8. The van der Waals surface area contributed by atoms with Gasteiger partial charge < -0.3 is 15.6 Å². The van der Waals surface area contributed by atoms with Crippen molar-refractivity contribution in [2.24, 2.45) is 5.73 Å². The van der Waals surface area contributed by atoms with E-state index in [1.807, 2.05) is 12.1 Å². The smallest absolute Gasteiger partial charge is 0.308 e. The van der Waals surface area contributed by atoms with Crippen molar-refractivity contribution in [1.29, 1.82) is 0 Å². The summed E-state index contributed by atoms with van der Waals surface area (Å²) in [5.74, 6) is 0.191. The third-order valence-corrected chi connectivity index (χ3v) is 6.94. The first kappa shape index (κ1) is 21.1. The van der Waals surface area contributed by atoms with Gasteiger partial charge >= 0.3 is 4.87 Å². The summed E-state index contributed by atoms with van der Waals surface area (Å²) in [5.41, 5.74) is 9.79. The summed E-state index contributed by atoms with van der Waals surface area (Å²) in [6, 6.07) is 12.4. The van der Waals surface area contributed by atoms with Gasteiger partial charge in [0.1, 0.15) is 11.3 Å². The molecule has 0 aliphatic heterocycles. The van der Waals surface area contributed by atoms with E-state index >= 15 is 0 Å². The van der Waals surface area contributed by atoms with Crippen LogP contribution in [0.25, 0.3) is 10.2 Å². The molecule has 160 valence electrons. The zero-order valence-corrected chi connectivity index (χ0v) is 18.3. The van der Waals surface area contributed by atoms with Gasteiger partial charge in [-0.25, -0.2) is 0 Å². The highest BCUT2D eigenvalue weighted by Gasteiger charge is 2.26. The van der Waals surface area contributed by atoms with Gasteiger partial charge in [0.15, 0.2) is 0 Å². The van der Waals surface area contributed by atoms with Crippen molar-refractivity contribution in [3.8, 4) is 5.75 Å². The Balaban J connectivity index is 1.60. The molecule has 4 rings (SSSR count). The Bertz CT molecular complexity index is 1070. The number of fused-ring (bicyclic) bond motifs is 2. The molecule has 3 N–H and O–H groups in total. The molecule has 5 nitrogen and oxygen atoms in total. The van der Waals surface area contributed by atoms with E-state index in [4.69, 9.17) is 10.5 Å². The first-order valence-electron chi connectivity index (χ1n) is 10.9. The summed E-state index contributed by atoms with van der Waals surface area (Å²) in [6.07, 6.45) is 5.97. The lowest BCUT2D eigenvalue weighted by molar-refractivity contribution is -0.0175. The molecule has 1 aromatic heterocycles. The molecule has 0 radical (unpaired) electrons. The number of aromatic nitrogens is 1. The Morgan fingerprint density at radius 3 is 2.93 bits per heavy atom. The molecule has 0 amide bonds. The lowest BCUT2D eigenvalue weighted by atomic mass is 10.0. The number of aromatic hydroxyl groups is 1. The molecule has 0 bridgehead atoms. The van der Waals surface area contributed by atoms with E-state index < -0.39 is 0 Å². The Morgan fingerprint density at radius 1 is 1.30 bits per heavy atom. The van der Waals surface area contributed by atoms with Crippen molar-refractivity contribution >= 4 is 21.6 Å². The van der Waals surface area contributed by atoms with Crippen LogP contribution in [0, 0.1) is 0 Å². The second kappa shape index (κ2) is 9.33. The van der Waals surface area contributed by atoms with E-state index in [1.54, 1.807) is 4.57 Å². The molecule has 1 aliphatic carbocycles. The Labute approximate surface area is 181 Å². The predicted octanol–water partition coefficient (Wildman–Crippen LogP) is 4.53. The van der Waals surface area contributed by atoms with Crippen molar-refractivity contribution in [3.05, 3.63) is 62.8 Å². The van der Waals surface area contributed by atoms with Crippen LogP contribution in [0.5, 0.6) is 5.75 Å².